The topological polar surface area (TPSA) is 111 Å². The summed E-state index contributed by atoms with van der Waals surface area (Å²) in [6, 6.07) is -0.190. The van der Waals surface area contributed by atoms with Gasteiger partial charge < -0.3 is 19.7 Å². The largest absolute Gasteiger partial charge is 0.378 e. The molecule has 2 heterocycles. The minimum Gasteiger partial charge on any atom is -0.378 e. The van der Waals surface area contributed by atoms with Crippen LogP contribution in [-0.2, 0) is 25.6 Å². The smallest absolute Gasteiger partial charge is 0.242 e. The average molecular weight is 380 g/mol. The molecule has 0 unspecified atom stereocenters. The van der Waals surface area contributed by atoms with E-state index in [4.69, 9.17) is 9.47 Å². The second-order valence-electron chi connectivity index (χ2n) is 7.04. The molecular formula is C17H28N6O4. The third-order valence-electron chi connectivity index (χ3n) is 5.04. The highest BCUT2D eigenvalue weighted by atomic mass is 16.5. The third-order valence-corrected chi connectivity index (χ3v) is 5.04. The maximum Gasteiger partial charge on any atom is 0.242 e. The summed E-state index contributed by atoms with van der Waals surface area (Å²) in [6.45, 7) is 5.21. The van der Waals surface area contributed by atoms with E-state index in [-0.39, 0.29) is 36.4 Å². The Hall–Kier alpha value is -2.07. The Balaban J connectivity index is 1.60. The van der Waals surface area contributed by atoms with Crippen LogP contribution in [0.3, 0.4) is 0 Å². The van der Waals surface area contributed by atoms with Gasteiger partial charge in [-0.25, -0.2) is 4.68 Å². The summed E-state index contributed by atoms with van der Waals surface area (Å²) in [5.74, 6) is -0.119. The normalized spacial score (nSPS) is 26.0. The fraction of sp³-hybridized carbons (Fsp3) is 0.824. The van der Waals surface area contributed by atoms with Crippen LogP contribution in [-0.4, -0.2) is 82.0 Å². The lowest BCUT2D eigenvalue weighted by Gasteiger charge is -2.38. The highest BCUT2D eigenvalue weighted by molar-refractivity contribution is 5.79. The lowest BCUT2D eigenvalue weighted by Crippen LogP contribution is -2.52. The first-order valence-electron chi connectivity index (χ1n) is 9.65. The lowest BCUT2D eigenvalue weighted by atomic mass is 9.82. The van der Waals surface area contributed by atoms with E-state index in [2.05, 4.69) is 27.8 Å². The minimum atomic E-state index is -0.190. The van der Waals surface area contributed by atoms with E-state index >= 15 is 0 Å². The lowest BCUT2D eigenvalue weighted by molar-refractivity contribution is -0.143. The number of nitrogens with one attached hydrogen (secondary N) is 1. The molecule has 150 valence electrons. The third kappa shape index (κ3) is 5.46. The Morgan fingerprint density at radius 2 is 2.11 bits per heavy atom. The minimum absolute atomic E-state index is 0.0477. The fourth-order valence-corrected chi connectivity index (χ4v) is 3.68. The van der Waals surface area contributed by atoms with Gasteiger partial charge in [0, 0.05) is 25.6 Å². The van der Waals surface area contributed by atoms with E-state index in [1.54, 1.807) is 0 Å². The summed E-state index contributed by atoms with van der Waals surface area (Å²) in [4.78, 5) is 27.1. The van der Waals surface area contributed by atoms with Gasteiger partial charge in [-0.15, -0.1) is 5.10 Å². The van der Waals surface area contributed by atoms with E-state index in [0.29, 0.717) is 39.3 Å². The summed E-state index contributed by atoms with van der Waals surface area (Å²) in [6.07, 6.45) is 4.37. The fourth-order valence-electron chi connectivity index (χ4n) is 3.68. The first-order chi connectivity index (χ1) is 13.2. The Labute approximate surface area is 158 Å². The monoisotopic (exact) mass is 380 g/mol. The van der Waals surface area contributed by atoms with Crippen molar-refractivity contribution in [3.05, 3.63) is 6.33 Å². The molecule has 1 aliphatic carbocycles. The molecule has 3 atom stereocenters. The molecule has 2 fully saturated rings. The maximum absolute atomic E-state index is 12.8. The van der Waals surface area contributed by atoms with Crippen LogP contribution < -0.4 is 5.32 Å². The van der Waals surface area contributed by atoms with Gasteiger partial charge in [0.2, 0.25) is 11.8 Å². The number of nitrogens with zero attached hydrogens (tertiary/aromatic N) is 5. The van der Waals surface area contributed by atoms with Gasteiger partial charge in [0.25, 0.3) is 0 Å². The number of aromatic nitrogens is 4. The van der Waals surface area contributed by atoms with Gasteiger partial charge in [-0.1, -0.05) is 6.92 Å². The van der Waals surface area contributed by atoms with Crippen LogP contribution in [0, 0.1) is 5.92 Å². The molecule has 0 radical (unpaired) electrons. The highest BCUT2D eigenvalue weighted by Gasteiger charge is 2.37. The number of carbonyl (C=O) groups excluding carboxylic acids is 2. The van der Waals surface area contributed by atoms with Crippen LogP contribution in [0.25, 0.3) is 0 Å². The Bertz CT molecular complexity index is 605. The first kappa shape index (κ1) is 19.7. The number of carbonyl (C=O) groups is 2. The Morgan fingerprint density at radius 1 is 1.30 bits per heavy atom. The molecule has 0 bridgehead atoms. The van der Waals surface area contributed by atoms with Crippen molar-refractivity contribution in [2.45, 2.75) is 51.3 Å². The Kier molecular flexibility index (Phi) is 7.11. The molecule has 1 saturated carbocycles. The number of hydrogen-bond acceptors (Lipinski definition) is 7. The molecule has 10 heteroatoms. The zero-order valence-electron chi connectivity index (χ0n) is 15.7. The second kappa shape index (κ2) is 9.75. The molecule has 0 spiro atoms. The molecule has 1 saturated heterocycles. The molecule has 1 aromatic rings. The predicted molar refractivity (Wildman–Crippen MR) is 94.5 cm³/mol. The van der Waals surface area contributed by atoms with Gasteiger partial charge in [-0.3, -0.25) is 9.59 Å². The standard InChI is InChI=1S/C17H28N6O4/c1-2-7-27-15-4-3-13(17(25)22-5-8-26-9-6-22)10-14(15)19-16(24)11-23-12-18-20-21-23/h12-15H,2-11H2,1H3,(H,19,24)/t13-,14+,15+/m0/s1. The average Bonchev–Trinajstić information content (AvgIpc) is 3.20. The first-order valence-corrected chi connectivity index (χ1v) is 9.65. The van der Waals surface area contributed by atoms with Crippen molar-refractivity contribution in [2.75, 3.05) is 32.9 Å². The van der Waals surface area contributed by atoms with Crippen molar-refractivity contribution in [3.8, 4) is 0 Å². The van der Waals surface area contributed by atoms with Crippen molar-refractivity contribution in [3.63, 3.8) is 0 Å². The van der Waals surface area contributed by atoms with Crippen LogP contribution in [0.4, 0.5) is 0 Å². The van der Waals surface area contributed by atoms with Crippen LogP contribution in [0.2, 0.25) is 0 Å². The molecule has 1 N–H and O–H groups in total. The van der Waals surface area contributed by atoms with Gasteiger partial charge in [-0.2, -0.15) is 0 Å². The van der Waals surface area contributed by atoms with E-state index in [0.717, 1.165) is 19.3 Å². The molecule has 1 aliphatic heterocycles. The molecular weight excluding hydrogens is 352 g/mol. The van der Waals surface area contributed by atoms with Gasteiger partial charge in [-0.05, 0) is 36.1 Å². The number of ether oxygens (including phenoxy) is 2. The van der Waals surface area contributed by atoms with E-state index in [1.807, 2.05) is 4.90 Å². The van der Waals surface area contributed by atoms with Gasteiger partial charge in [0.15, 0.2) is 0 Å². The van der Waals surface area contributed by atoms with E-state index in [9.17, 15) is 9.59 Å². The SMILES string of the molecule is CCCO[C@@H]1CC[C@H](C(=O)N2CCOCC2)C[C@H]1NC(=O)Cn1cnnn1. The maximum atomic E-state index is 12.8. The van der Waals surface area contributed by atoms with Gasteiger partial charge >= 0.3 is 0 Å². The van der Waals surface area contributed by atoms with Crippen LogP contribution in [0.15, 0.2) is 6.33 Å². The van der Waals surface area contributed by atoms with Crippen molar-refractivity contribution < 1.29 is 19.1 Å². The zero-order valence-corrected chi connectivity index (χ0v) is 15.7. The molecule has 2 aliphatic rings. The number of hydrogen-bond donors (Lipinski definition) is 1. The summed E-state index contributed by atoms with van der Waals surface area (Å²) in [5, 5.41) is 13.8. The van der Waals surface area contributed by atoms with Crippen molar-refractivity contribution in [1.29, 1.82) is 0 Å². The Morgan fingerprint density at radius 3 is 2.81 bits per heavy atom. The molecule has 1 aromatic heterocycles. The quantitative estimate of drug-likeness (QED) is 0.686. The molecule has 10 nitrogen and oxygen atoms in total. The molecule has 2 amide bonds. The van der Waals surface area contributed by atoms with Crippen LogP contribution in [0.1, 0.15) is 32.6 Å². The van der Waals surface area contributed by atoms with Crippen LogP contribution in [0.5, 0.6) is 0 Å². The summed E-state index contributed by atoms with van der Waals surface area (Å²) < 4.78 is 12.7. The van der Waals surface area contributed by atoms with Crippen molar-refractivity contribution in [2.24, 2.45) is 5.92 Å². The van der Waals surface area contributed by atoms with Gasteiger partial charge in [0.05, 0.1) is 25.4 Å². The number of amides is 2. The van der Waals surface area contributed by atoms with Crippen LogP contribution >= 0.6 is 0 Å². The second-order valence-corrected chi connectivity index (χ2v) is 7.04. The van der Waals surface area contributed by atoms with E-state index in [1.165, 1.54) is 11.0 Å². The highest BCUT2D eigenvalue weighted by Crippen LogP contribution is 2.29. The number of morpholine rings is 1. The molecule has 0 aromatic carbocycles. The molecule has 27 heavy (non-hydrogen) atoms. The summed E-state index contributed by atoms with van der Waals surface area (Å²) >= 11 is 0. The number of tetrazole rings is 1. The summed E-state index contributed by atoms with van der Waals surface area (Å²) in [5.41, 5.74) is 0. The summed E-state index contributed by atoms with van der Waals surface area (Å²) in [7, 11) is 0. The predicted octanol–water partition coefficient (Wildman–Crippen LogP) is -0.388. The zero-order chi connectivity index (χ0) is 19.1. The van der Waals surface area contributed by atoms with Crippen molar-refractivity contribution >= 4 is 11.8 Å². The van der Waals surface area contributed by atoms with Gasteiger partial charge in [0.1, 0.15) is 12.9 Å². The number of rotatable bonds is 7. The van der Waals surface area contributed by atoms with E-state index < -0.39 is 0 Å². The molecule has 3 rings (SSSR count). The van der Waals surface area contributed by atoms with Crippen molar-refractivity contribution in [1.82, 2.24) is 30.4 Å².